The highest BCUT2D eigenvalue weighted by molar-refractivity contribution is 5.86. The summed E-state index contributed by atoms with van der Waals surface area (Å²) in [6, 6.07) is 2.96. The minimum Gasteiger partial charge on any atom is -0.395 e. The Morgan fingerprint density at radius 2 is 1.56 bits per heavy atom. The standard InChI is InChI=1S/C7H12N2O4.C7H11NO4/c8-6-1-5(13-9-6)7(2-10,3-11)4-12;8-2-1-6(12)7(3-9,4-10)5-11/h1,10-12H,2-4H2,(H2,8,9);9-11H,1,3-5H2. The Bertz CT molecular complexity index is 544. The molecule has 0 saturated heterocycles. The number of nitrogens with zero attached hydrogens (tertiary/aromatic N) is 2. The molecule has 0 aliphatic carbocycles. The molecule has 0 spiro atoms. The van der Waals surface area contributed by atoms with Crippen molar-refractivity contribution in [3.63, 3.8) is 0 Å². The molecule has 0 radical (unpaired) electrons. The molecule has 11 heteroatoms. The molecule has 1 aromatic heterocycles. The number of anilines is 1. The average molecular weight is 361 g/mol. The van der Waals surface area contributed by atoms with Crippen LogP contribution in [0.25, 0.3) is 0 Å². The van der Waals surface area contributed by atoms with Crippen LogP contribution < -0.4 is 5.73 Å². The third kappa shape index (κ3) is 5.46. The van der Waals surface area contributed by atoms with Crippen LogP contribution >= 0.6 is 0 Å². The number of carbonyl (C=O) groups excluding carboxylic acids is 1. The van der Waals surface area contributed by atoms with Gasteiger partial charge in [-0.1, -0.05) is 5.16 Å². The highest BCUT2D eigenvalue weighted by Gasteiger charge is 2.36. The van der Waals surface area contributed by atoms with Gasteiger partial charge in [-0.25, -0.2) is 0 Å². The number of Topliss-reactive ketones (excluding diaryl/α,β-unsaturated/α-hetero) is 1. The predicted octanol–water partition coefficient (Wildman–Crippen LogP) is -3.10. The monoisotopic (exact) mass is 361 g/mol. The summed E-state index contributed by atoms with van der Waals surface area (Å²) >= 11 is 0. The molecular weight excluding hydrogens is 338 g/mol. The van der Waals surface area contributed by atoms with E-state index in [-0.39, 0.29) is 11.6 Å². The van der Waals surface area contributed by atoms with Gasteiger partial charge in [-0.15, -0.1) is 0 Å². The smallest absolute Gasteiger partial charge is 0.167 e. The van der Waals surface area contributed by atoms with E-state index in [0.717, 1.165) is 0 Å². The van der Waals surface area contributed by atoms with Crippen LogP contribution in [-0.4, -0.2) is 81.2 Å². The second-order valence-corrected chi connectivity index (χ2v) is 5.38. The van der Waals surface area contributed by atoms with Crippen molar-refractivity contribution < 1.29 is 40.0 Å². The molecule has 0 atom stereocenters. The maximum absolute atomic E-state index is 11.1. The van der Waals surface area contributed by atoms with E-state index in [9.17, 15) is 4.79 Å². The first-order valence-electron chi connectivity index (χ1n) is 7.13. The number of nitrogens with two attached hydrogens (primary N) is 1. The quantitative estimate of drug-likeness (QED) is 0.234. The number of aliphatic hydroxyl groups excluding tert-OH is 6. The summed E-state index contributed by atoms with van der Waals surface area (Å²) in [5, 5.41) is 64.7. The summed E-state index contributed by atoms with van der Waals surface area (Å²) < 4.78 is 4.75. The third-order valence-electron chi connectivity index (χ3n) is 3.70. The first kappa shape index (κ1) is 22.9. The molecule has 1 rings (SSSR count). The molecule has 0 unspecified atom stereocenters. The van der Waals surface area contributed by atoms with Crippen molar-refractivity contribution in [2.75, 3.05) is 45.4 Å². The van der Waals surface area contributed by atoms with Gasteiger partial charge in [-0.2, -0.15) is 5.26 Å². The van der Waals surface area contributed by atoms with Crippen LogP contribution in [0.2, 0.25) is 0 Å². The first-order valence-corrected chi connectivity index (χ1v) is 7.13. The minimum absolute atomic E-state index is 0.148. The molecule has 0 amide bonds. The predicted molar refractivity (Wildman–Crippen MR) is 82.8 cm³/mol. The zero-order chi connectivity index (χ0) is 19.5. The molecular formula is C14H23N3O8. The molecule has 0 aromatic carbocycles. The summed E-state index contributed by atoms with van der Waals surface area (Å²) in [5.74, 6) is -0.315. The largest absolute Gasteiger partial charge is 0.395 e. The maximum atomic E-state index is 11.1. The molecule has 1 aromatic rings. The van der Waals surface area contributed by atoms with Crippen molar-refractivity contribution >= 4 is 11.6 Å². The van der Waals surface area contributed by atoms with Crippen LogP contribution in [0, 0.1) is 16.7 Å². The van der Waals surface area contributed by atoms with Gasteiger partial charge in [-0.3, -0.25) is 4.79 Å². The Morgan fingerprint density at radius 1 is 1.08 bits per heavy atom. The van der Waals surface area contributed by atoms with E-state index >= 15 is 0 Å². The lowest BCUT2D eigenvalue weighted by Gasteiger charge is -2.24. The van der Waals surface area contributed by atoms with Crippen LogP contribution in [0.3, 0.4) is 0 Å². The maximum Gasteiger partial charge on any atom is 0.167 e. The van der Waals surface area contributed by atoms with Gasteiger partial charge in [-0.05, 0) is 0 Å². The number of aliphatic hydroxyl groups is 6. The molecule has 0 fully saturated rings. The van der Waals surface area contributed by atoms with Crippen molar-refractivity contribution in [3.05, 3.63) is 11.8 Å². The van der Waals surface area contributed by atoms with Crippen LogP contribution in [0.15, 0.2) is 10.6 Å². The fourth-order valence-corrected chi connectivity index (χ4v) is 1.60. The zero-order valence-electron chi connectivity index (χ0n) is 13.5. The van der Waals surface area contributed by atoms with Crippen LogP contribution in [-0.2, 0) is 10.2 Å². The van der Waals surface area contributed by atoms with Crippen LogP contribution in [0.5, 0.6) is 0 Å². The van der Waals surface area contributed by atoms with Crippen molar-refractivity contribution in [2.45, 2.75) is 11.8 Å². The normalized spacial score (nSPS) is 11.4. The van der Waals surface area contributed by atoms with Crippen molar-refractivity contribution in [1.82, 2.24) is 5.16 Å². The molecule has 0 bridgehead atoms. The van der Waals surface area contributed by atoms with Gasteiger partial charge >= 0.3 is 0 Å². The van der Waals surface area contributed by atoms with Crippen molar-refractivity contribution in [3.8, 4) is 6.07 Å². The lowest BCUT2D eigenvalue weighted by atomic mass is 9.85. The molecule has 142 valence electrons. The molecule has 0 aliphatic rings. The van der Waals surface area contributed by atoms with Crippen LogP contribution in [0.1, 0.15) is 12.2 Å². The zero-order valence-corrected chi connectivity index (χ0v) is 13.5. The number of hydrogen-bond donors (Lipinski definition) is 7. The van der Waals surface area contributed by atoms with Gasteiger partial charge < -0.3 is 40.9 Å². The summed E-state index contributed by atoms with van der Waals surface area (Å²) in [4.78, 5) is 11.1. The van der Waals surface area contributed by atoms with E-state index in [2.05, 4.69) is 5.16 Å². The first-order chi connectivity index (χ1) is 11.8. The van der Waals surface area contributed by atoms with Crippen LogP contribution in [0.4, 0.5) is 5.82 Å². The summed E-state index contributed by atoms with van der Waals surface area (Å²) in [7, 11) is 0. The Morgan fingerprint density at radius 3 is 1.84 bits per heavy atom. The minimum atomic E-state index is -1.56. The molecule has 25 heavy (non-hydrogen) atoms. The lowest BCUT2D eigenvalue weighted by molar-refractivity contribution is -0.136. The van der Waals surface area contributed by atoms with Gasteiger partial charge in [0.25, 0.3) is 0 Å². The highest BCUT2D eigenvalue weighted by atomic mass is 16.5. The summed E-state index contributed by atoms with van der Waals surface area (Å²) in [6.07, 6.45) is -0.415. The molecule has 0 saturated carbocycles. The number of rotatable bonds is 9. The van der Waals surface area contributed by atoms with Gasteiger partial charge in [0.05, 0.1) is 57.5 Å². The fraction of sp³-hybridized carbons (Fsp3) is 0.643. The number of nitriles is 1. The van der Waals surface area contributed by atoms with E-state index in [4.69, 9.17) is 46.2 Å². The Balaban J connectivity index is 0.000000463. The van der Waals surface area contributed by atoms with Gasteiger partial charge in [0.1, 0.15) is 5.41 Å². The number of nitrogen functional groups attached to an aromatic ring is 1. The Kier molecular flexibility index (Phi) is 9.84. The fourth-order valence-electron chi connectivity index (χ4n) is 1.60. The van der Waals surface area contributed by atoms with Gasteiger partial charge in [0.15, 0.2) is 17.4 Å². The molecule has 11 nitrogen and oxygen atoms in total. The second-order valence-electron chi connectivity index (χ2n) is 5.38. The van der Waals surface area contributed by atoms with Crippen molar-refractivity contribution in [2.24, 2.45) is 5.41 Å². The summed E-state index contributed by atoms with van der Waals surface area (Å²) in [6.45, 7) is -3.26. The number of hydrogen-bond acceptors (Lipinski definition) is 11. The topological polar surface area (TPSA) is 214 Å². The van der Waals surface area contributed by atoms with Gasteiger partial charge in [0, 0.05) is 6.07 Å². The second kappa shape index (κ2) is 10.7. The van der Waals surface area contributed by atoms with E-state index in [1.807, 2.05) is 0 Å². The van der Waals surface area contributed by atoms with E-state index < -0.39 is 62.7 Å². The lowest BCUT2D eigenvalue weighted by Crippen LogP contribution is -2.41. The summed E-state index contributed by atoms with van der Waals surface area (Å²) in [5.41, 5.74) is 2.53. The van der Waals surface area contributed by atoms with Gasteiger partial charge in [0.2, 0.25) is 0 Å². The Hall–Kier alpha value is -2.07. The average Bonchev–Trinajstić information content (AvgIpc) is 3.07. The van der Waals surface area contributed by atoms with E-state index in [1.165, 1.54) is 6.07 Å². The highest BCUT2D eigenvalue weighted by Crippen LogP contribution is 2.24. The SMILES string of the molecule is N#CCC(=O)C(CO)(CO)CO.Nc1cc(C(CO)(CO)CO)on1. The van der Waals surface area contributed by atoms with E-state index in [1.54, 1.807) is 6.07 Å². The number of carbonyl (C=O) groups is 1. The number of aromatic nitrogens is 1. The van der Waals surface area contributed by atoms with E-state index in [0.29, 0.717) is 0 Å². The Labute approximate surface area is 143 Å². The molecule has 1 heterocycles. The molecule has 0 aliphatic heterocycles. The molecule has 8 N–H and O–H groups in total. The third-order valence-corrected chi connectivity index (χ3v) is 3.70. The van der Waals surface area contributed by atoms with Crippen molar-refractivity contribution in [1.29, 1.82) is 5.26 Å². The number of ketones is 1.